The lowest BCUT2D eigenvalue weighted by molar-refractivity contribution is -0.137. The Hall–Kier alpha value is -1.28. The maximum atomic E-state index is 12.9. The predicted octanol–water partition coefficient (Wildman–Crippen LogP) is 2.46. The van der Waals surface area contributed by atoms with Crippen molar-refractivity contribution in [3.05, 3.63) is 23.8 Å². The van der Waals surface area contributed by atoms with Gasteiger partial charge in [0.25, 0.3) is 0 Å². The molecule has 0 radical (unpaired) electrons. The Balaban J connectivity index is 3.52. The fraction of sp³-hybridized carbons (Fsp3) is 0.500. The normalized spacial score (nSPS) is 12.8. The number of anilines is 1. The number of halogens is 3. The van der Waals surface area contributed by atoms with Gasteiger partial charge in [-0.25, -0.2) is 13.1 Å². The zero-order chi connectivity index (χ0) is 15.7. The highest BCUT2D eigenvalue weighted by molar-refractivity contribution is 7.89. The van der Waals surface area contributed by atoms with Crippen LogP contribution >= 0.6 is 0 Å². The quantitative estimate of drug-likeness (QED) is 0.929. The lowest BCUT2D eigenvalue weighted by atomic mass is 10.1. The first-order valence-electron chi connectivity index (χ1n) is 5.87. The van der Waals surface area contributed by atoms with Crippen molar-refractivity contribution < 1.29 is 21.6 Å². The van der Waals surface area contributed by atoms with E-state index in [4.69, 9.17) is 0 Å². The summed E-state index contributed by atoms with van der Waals surface area (Å²) in [6, 6.07) is 2.72. The zero-order valence-corrected chi connectivity index (χ0v) is 12.4. The molecule has 0 unspecified atom stereocenters. The second-order valence-corrected chi connectivity index (χ2v) is 6.51. The van der Waals surface area contributed by atoms with Crippen LogP contribution in [-0.2, 0) is 16.2 Å². The molecule has 0 heterocycles. The number of hydrogen-bond donors (Lipinski definition) is 1. The van der Waals surface area contributed by atoms with Gasteiger partial charge in [0.2, 0.25) is 10.0 Å². The number of sulfonamides is 1. The number of hydrogen-bond acceptors (Lipinski definition) is 3. The van der Waals surface area contributed by atoms with Gasteiger partial charge in [-0.15, -0.1) is 0 Å². The largest absolute Gasteiger partial charge is 0.416 e. The van der Waals surface area contributed by atoms with Gasteiger partial charge in [-0.2, -0.15) is 13.2 Å². The minimum atomic E-state index is -4.61. The Morgan fingerprint density at radius 3 is 2.15 bits per heavy atom. The van der Waals surface area contributed by atoms with Crippen LogP contribution in [0.1, 0.15) is 19.4 Å². The van der Waals surface area contributed by atoms with E-state index < -0.39 is 26.7 Å². The van der Waals surface area contributed by atoms with Crippen molar-refractivity contribution in [3.63, 3.8) is 0 Å². The van der Waals surface area contributed by atoms with Crippen molar-refractivity contribution in [2.45, 2.75) is 31.0 Å². The van der Waals surface area contributed by atoms with Crippen LogP contribution in [0, 0.1) is 0 Å². The van der Waals surface area contributed by atoms with Gasteiger partial charge in [0.1, 0.15) is 0 Å². The van der Waals surface area contributed by atoms with Gasteiger partial charge in [-0.05, 0) is 39.1 Å². The molecule has 0 saturated carbocycles. The smallest absolute Gasteiger partial charge is 0.372 e. The minimum Gasteiger partial charge on any atom is -0.372 e. The van der Waals surface area contributed by atoms with Gasteiger partial charge in [-0.3, -0.25) is 0 Å². The van der Waals surface area contributed by atoms with Crippen molar-refractivity contribution in [2.75, 3.05) is 19.0 Å². The molecule has 0 aliphatic rings. The van der Waals surface area contributed by atoms with Crippen molar-refractivity contribution in [3.8, 4) is 0 Å². The van der Waals surface area contributed by atoms with E-state index in [1.165, 1.54) is 6.07 Å². The van der Waals surface area contributed by atoms with Gasteiger partial charge in [0, 0.05) is 18.8 Å². The van der Waals surface area contributed by atoms with E-state index in [1.807, 2.05) is 4.72 Å². The summed E-state index contributed by atoms with van der Waals surface area (Å²) in [7, 11) is -1.18. The molecule has 1 N–H and O–H groups in total. The van der Waals surface area contributed by atoms with Crippen LogP contribution in [0.4, 0.5) is 18.9 Å². The van der Waals surface area contributed by atoms with Crippen LogP contribution in [0.15, 0.2) is 23.1 Å². The molecule has 0 saturated heterocycles. The fourth-order valence-electron chi connectivity index (χ4n) is 1.52. The number of alkyl halides is 3. The van der Waals surface area contributed by atoms with Crippen molar-refractivity contribution in [2.24, 2.45) is 0 Å². The number of nitrogens with zero attached hydrogens (tertiary/aromatic N) is 1. The van der Waals surface area contributed by atoms with E-state index in [2.05, 4.69) is 0 Å². The Kier molecular flexibility index (Phi) is 4.70. The predicted molar refractivity (Wildman–Crippen MR) is 71.2 cm³/mol. The minimum absolute atomic E-state index is 0.0661. The topological polar surface area (TPSA) is 49.4 Å². The van der Waals surface area contributed by atoms with Crippen LogP contribution < -0.4 is 9.62 Å². The highest BCUT2D eigenvalue weighted by Crippen LogP contribution is 2.34. The molecule has 0 aromatic heterocycles. The maximum Gasteiger partial charge on any atom is 0.416 e. The molecule has 0 aliphatic carbocycles. The number of benzene rings is 1. The number of rotatable bonds is 4. The Morgan fingerprint density at radius 1 is 1.20 bits per heavy atom. The SMILES string of the molecule is CNS(=O)(=O)c1cc(N(C)C(C)C)cc(C(F)(F)F)c1. The third-order valence-corrected chi connectivity index (χ3v) is 4.37. The first-order chi connectivity index (χ1) is 8.99. The second kappa shape index (κ2) is 5.61. The van der Waals surface area contributed by atoms with E-state index in [1.54, 1.807) is 25.8 Å². The van der Waals surface area contributed by atoms with Gasteiger partial charge in [0.15, 0.2) is 0 Å². The van der Waals surface area contributed by atoms with Crippen molar-refractivity contribution >= 4 is 15.7 Å². The summed E-state index contributed by atoms with van der Waals surface area (Å²) < 4.78 is 64.1. The lowest BCUT2D eigenvalue weighted by Gasteiger charge is -2.25. The highest BCUT2D eigenvalue weighted by Gasteiger charge is 2.33. The first-order valence-corrected chi connectivity index (χ1v) is 7.36. The Bertz CT molecular complexity index is 583. The third-order valence-electron chi connectivity index (χ3n) is 2.98. The van der Waals surface area contributed by atoms with Crippen LogP contribution in [0.5, 0.6) is 0 Å². The van der Waals surface area contributed by atoms with Crippen LogP contribution in [0.3, 0.4) is 0 Å². The molecule has 8 heteroatoms. The molecule has 4 nitrogen and oxygen atoms in total. The van der Waals surface area contributed by atoms with Crippen LogP contribution in [0.25, 0.3) is 0 Å². The van der Waals surface area contributed by atoms with Crippen molar-refractivity contribution in [1.29, 1.82) is 0 Å². The lowest BCUT2D eigenvalue weighted by Crippen LogP contribution is -2.27. The summed E-state index contributed by atoms with van der Waals surface area (Å²) in [5.41, 5.74) is -0.792. The van der Waals surface area contributed by atoms with Crippen LogP contribution in [0.2, 0.25) is 0 Å². The summed E-state index contributed by atoms with van der Waals surface area (Å²) in [6.07, 6.45) is -4.61. The molecule has 1 aromatic carbocycles. The molecular weight excluding hydrogens is 293 g/mol. The summed E-state index contributed by atoms with van der Waals surface area (Å²) in [5, 5.41) is 0. The zero-order valence-electron chi connectivity index (χ0n) is 11.6. The van der Waals surface area contributed by atoms with E-state index in [9.17, 15) is 21.6 Å². The molecule has 114 valence electrons. The van der Waals surface area contributed by atoms with Gasteiger partial charge < -0.3 is 4.90 Å². The number of nitrogens with one attached hydrogen (secondary N) is 1. The summed E-state index contributed by atoms with van der Waals surface area (Å²) >= 11 is 0. The summed E-state index contributed by atoms with van der Waals surface area (Å²) in [6.45, 7) is 3.60. The van der Waals surface area contributed by atoms with Gasteiger partial charge in [0.05, 0.1) is 10.5 Å². The molecule has 0 bridgehead atoms. The monoisotopic (exact) mass is 310 g/mol. The molecule has 0 aliphatic heterocycles. The molecule has 0 atom stereocenters. The standard InChI is InChI=1S/C12H17F3N2O2S/c1-8(2)17(4)10-5-9(12(13,14)15)6-11(7-10)20(18,19)16-3/h5-8,16H,1-4H3. The summed E-state index contributed by atoms with van der Waals surface area (Å²) in [4.78, 5) is 1.17. The highest BCUT2D eigenvalue weighted by atomic mass is 32.2. The molecule has 0 fully saturated rings. The Labute approximate surface area is 116 Å². The Morgan fingerprint density at radius 2 is 1.75 bits per heavy atom. The second-order valence-electron chi connectivity index (χ2n) is 4.63. The van der Waals surface area contributed by atoms with Crippen molar-refractivity contribution in [1.82, 2.24) is 4.72 Å². The molecule has 20 heavy (non-hydrogen) atoms. The fourth-order valence-corrected chi connectivity index (χ4v) is 2.32. The molecule has 0 spiro atoms. The molecule has 1 rings (SSSR count). The molecule has 0 amide bonds. The molecular formula is C12H17F3N2O2S. The maximum absolute atomic E-state index is 12.9. The average molecular weight is 310 g/mol. The van der Waals surface area contributed by atoms with E-state index in [0.29, 0.717) is 6.07 Å². The van der Waals surface area contributed by atoms with E-state index in [-0.39, 0.29) is 11.7 Å². The third kappa shape index (κ3) is 3.63. The van der Waals surface area contributed by atoms with Crippen LogP contribution in [-0.4, -0.2) is 28.6 Å². The average Bonchev–Trinajstić information content (AvgIpc) is 2.36. The first kappa shape index (κ1) is 16.8. The van der Waals surface area contributed by atoms with Gasteiger partial charge in [-0.1, -0.05) is 0 Å². The molecule has 1 aromatic rings. The van der Waals surface area contributed by atoms with E-state index >= 15 is 0 Å². The van der Waals surface area contributed by atoms with E-state index in [0.717, 1.165) is 13.1 Å². The van der Waals surface area contributed by atoms with Gasteiger partial charge >= 0.3 is 6.18 Å². The summed E-state index contributed by atoms with van der Waals surface area (Å²) in [5.74, 6) is 0.